The van der Waals surface area contributed by atoms with Gasteiger partial charge in [0.2, 0.25) is 0 Å². The largest absolute Gasteiger partial charge is 0.370 e. The molecule has 0 heterocycles. The van der Waals surface area contributed by atoms with Crippen LogP contribution in [0, 0.1) is 11.2 Å². The van der Waals surface area contributed by atoms with Gasteiger partial charge in [-0.15, -0.1) is 12.4 Å². The Labute approximate surface area is 112 Å². The monoisotopic (exact) mass is 324 g/mol. The van der Waals surface area contributed by atoms with Crippen LogP contribution in [0.25, 0.3) is 0 Å². The van der Waals surface area contributed by atoms with Gasteiger partial charge in [-0.3, -0.25) is 10.3 Å². The highest BCUT2D eigenvalue weighted by Crippen LogP contribution is 2.16. The van der Waals surface area contributed by atoms with Gasteiger partial charge in [0.1, 0.15) is 5.82 Å². The molecule has 1 rings (SSSR count). The average molecular weight is 326 g/mol. The molecule has 0 aliphatic heterocycles. The number of guanidine groups is 1. The van der Waals surface area contributed by atoms with Crippen molar-refractivity contribution in [3.8, 4) is 0 Å². The third-order valence-corrected chi connectivity index (χ3v) is 2.28. The molecule has 0 atom stereocenters. The van der Waals surface area contributed by atoms with Gasteiger partial charge in [-0.1, -0.05) is 15.9 Å². The highest BCUT2D eigenvalue weighted by Gasteiger charge is 2.13. The zero-order valence-corrected chi connectivity index (χ0v) is 11.0. The van der Waals surface area contributed by atoms with Crippen molar-refractivity contribution in [1.29, 1.82) is 5.41 Å². The van der Waals surface area contributed by atoms with Gasteiger partial charge in [-0.05, 0) is 23.8 Å². The minimum absolute atomic E-state index is 0. The fraction of sp³-hybridized carbons (Fsp3) is 0.111. The molecule has 0 saturated heterocycles. The van der Waals surface area contributed by atoms with Crippen molar-refractivity contribution < 1.29 is 9.18 Å². The molecule has 0 fully saturated rings. The van der Waals surface area contributed by atoms with Crippen LogP contribution >= 0.6 is 28.3 Å². The van der Waals surface area contributed by atoms with Crippen LogP contribution in [0.5, 0.6) is 0 Å². The summed E-state index contributed by atoms with van der Waals surface area (Å²) in [6.07, 6.45) is 0. The third kappa shape index (κ3) is 4.58. The fourth-order valence-corrected chi connectivity index (χ4v) is 1.68. The number of carbonyl (C=O) groups excluding carboxylic acids is 1. The second kappa shape index (κ2) is 6.41. The van der Waals surface area contributed by atoms with Crippen LogP contribution < -0.4 is 11.5 Å². The van der Waals surface area contributed by atoms with Crippen LogP contribution in [0.1, 0.15) is 5.56 Å². The number of benzene rings is 1. The van der Waals surface area contributed by atoms with Crippen molar-refractivity contribution in [2.45, 2.75) is 6.54 Å². The molecule has 0 bridgehead atoms. The summed E-state index contributed by atoms with van der Waals surface area (Å²) in [7, 11) is 0. The van der Waals surface area contributed by atoms with Crippen LogP contribution in [0.4, 0.5) is 9.18 Å². The summed E-state index contributed by atoms with van der Waals surface area (Å²) < 4.78 is 13.6. The number of nitrogens with two attached hydrogens (primary N) is 2. The van der Waals surface area contributed by atoms with Gasteiger partial charge < -0.3 is 11.5 Å². The molecule has 5 N–H and O–H groups in total. The number of nitrogens with one attached hydrogen (secondary N) is 1. The predicted molar refractivity (Wildman–Crippen MR) is 68.4 cm³/mol. The minimum Gasteiger partial charge on any atom is -0.370 e. The molecule has 0 aliphatic rings. The Morgan fingerprint density at radius 1 is 1.41 bits per heavy atom. The number of hydrogen-bond acceptors (Lipinski definition) is 2. The number of carbonyl (C=O) groups is 1. The number of urea groups is 1. The Morgan fingerprint density at radius 3 is 2.41 bits per heavy atom. The highest BCUT2D eigenvalue weighted by molar-refractivity contribution is 9.10. The maximum absolute atomic E-state index is 13.0. The summed E-state index contributed by atoms with van der Waals surface area (Å²) >= 11 is 3.12. The lowest BCUT2D eigenvalue weighted by Crippen LogP contribution is -2.43. The van der Waals surface area contributed by atoms with E-state index in [1.165, 1.54) is 12.1 Å². The number of amides is 2. The minimum atomic E-state index is -0.854. The lowest BCUT2D eigenvalue weighted by Gasteiger charge is -2.18. The van der Waals surface area contributed by atoms with E-state index in [9.17, 15) is 9.18 Å². The quantitative estimate of drug-likeness (QED) is 0.571. The van der Waals surface area contributed by atoms with E-state index in [2.05, 4.69) is 15.9 Å². The van der Waals surface area contributed by atoms with Crippen molar-refractivity contribution in [2.24, 2.45) is 11.5 Å². The molecule has 1 aromatic rings. The van der Waals surface area contributed by atoms with Crippen LogP contribution in [-0.4, -0.2) is 16.9 Å². The molecule has 0 spiro atoms. The van der Waals surface area contributed by atoms with E-state index in [-0.39, 0.29) is 19.0 Å². The summed E-state index contributed by atoms with van der Waals surface area (Å²) in [5.41, 5.74) is 10.7. The Kier molecular flexibility index (Phi) is 5.90. The Balaban J connectivity index is 0.00000256. The Bertz CT molecular complexity index is 409. The zero-order chi connectivity index (χ0) is 12.3. The number of primary amides is 1. The first kappa shape index (κ1) is 15.7. The lowest BCUT2D eigenvalue weighted by molar-refractivity contribution is 0.228. The molecule has 8 heteroatoms. The summed E-state index contributed by atoms with van der Waals surface area (Å²) in [5, 5.41) is 7.14. The second-order valence-corrected chi connectivity index (χ2v) is 4.00. The summed E-state index contributed by atoms with van der Waals surface area (Å²) in [6, 6.07) is 3.28. The SMILES string of the molecule is Cl.N=C(N)N(Cc1cc(F)cc(Br)c1)C(N)=O. The number of hydrogen-bond donors (Lipinski definition) is 3. The van der Waals surface area contributed by atoms with Crippen LogP contribution in [0.15, 0.2) is 22.7 Å². The Hall–Kier alpha value is -1.34. The first-order valence-corrected chi connectivity index (χ1v) is 5.05. The number of nitrogens with zero attached hydrogens (tertiary/aromatic N) is 1. The molecule has 5 nitrogen and oxygen atoms in total. The molecule has 2 amide bonds. The van der Waals surface area contributed by atoms with Crippen molar-refractivity contribution in [3.05, 3.63) is 34.1 Å². The molecule has 0 radical (unpaired) electrons. The third-order valence-electron chi connectivity index (χ3n) is 1.82. The first-order valence-electron chi connectivity index (χ1n) is 4.26. The van der Waals surface area contributed by atoms with Crippen LogP contribution in [0.2, 0.25) is 0 Å². The van der Waals surface area contributed by atoms with Crippen LogP contribution in [-0.2, 0) is 6.54 Å². The van der Waals surface area contributed by atoms with Crippen molar-refractivity contribution in [2.75, 3.05) is 0 Å². The van der Waals surface area contributed by atoms with Gasteiger partial charge in [0.15, 0.2) is 5.96 Å². The fourth-order valence-electron chi connectivity index (χ4n) is 1.17. The molecule has 0 aliphatic carbocycles. The maximum Gasteiger partial charge on any atom is 0.321 e. The molecular weight excluding hydrogens is 314 g/mol. The molecule has 0 aromatic heterocycles. The van der Waals surface area contributed by atoms with E-state index in [1.54, 1.807) is 6.07 Å². The predicted octanol–water partition coefficient (Wildman–Crippen LogP) is 1.78. The second-order valence-electron chi connectivity index (χ2n) is 3.09. The van der Waals surface area contributed by atoms with Crippen molar-refractivity contribution >= 4 is 40.3 Å². The van der Waals surface area contributed by atoms with E-state index >= 15 is 0 Å². The summed E-state index contributed by atoms with van der Waals surface area (Å²) in [5.74, 6) is -0.926. The van der Waals surface area contributed by atoms with Crippen molar-refractivity contribution in [3.63, 3.8) is 0 Å². The van der Waals surface area contributed by atoms with E-state index in [0.29, 0.717) is 10.0 Å². The van der Waals surface area contributed by atoms with Gasteiger partial charge in [0.05, 0.1) is 6.54 Å². The normalized spacial score (nSPS) is 9.29. The topological polar surface area (TPSA) is 96.2 Å². The Morgan fingerprint density at radius 2 is 2.00 bits per heavy atom. The van der Waals surface area contributed by atoms with Crippen LogP contribution in [0.3, 0.4) is 0 Å². The zero-order valence-electron chi connectivity index (χ0n) is 8.61. The molecule has 17 heavy (non-hydrogen) atoms. The van der Waals surface area contributed by atoms with E-state index in [4.69, 9.17) is 16.9 Å². The average Bonchev–Trinajstić information content (AvgIpc) is 2.11. The highest BCUT2D eigenvalue weighted by atomic mass is 79.9. The number of halogens is 3. The standard InChI is InChI=1S/C9H10BrFN4O.ClH/c10-6-1-5(2-7(11)3-6)4-15(8(12)13)9(14)16;/h1-3H,4H2,(H3,12,13)(H2,14,16);1H. The lowest BCUT2D eigenvalue weighted by atomic mass is 10.2. The van der Waals surface area contributed by atoms with Gasteiger partial charge in [0, 0.05) is 4.47 Å². The van der Waals surface area contributed by atoms with Gasteiger partial charge in [-0.2, -0.15) is 0 Å². The van der Waals surface area contributed by atoms with E-state index in [0.717, 1.165) is 4.90 Å². The molecule has 0 unspecified atom stereocenters. The van der Waals surface area contributed by atoms with Gasteiger partial charge in [-0.25, -0.2) is 9.18 Å². The van der Waals surface area contributed by atoms with E-state index < -0.39 is 17.8 Å². The number of rotatable bonds is 2. The smallest absolute Gasteiger partial charge is 0.321 e. The summed E-state index contributed by atoms with van der Waals surface area (Å²) in [6.45, 7) is -0.0406. The molecule has 94 valence electrons. The molecule has 0 saturated carbocycles. The molecule has 1 aromatic carbocycles. The van der Waals surface area contributed by atoms with Crippen molar-refractivity contribution in [1.82, 2.24) is 4.90 Å². The van der Waals surface area contributed by atoms with E-state index in [1.807, 2.05) is 0 Å². The summed E-state index contributed by atoms with van der Waals surface area (Å²) in [4.78, 5) is 11.8. The maximum atomic E-state index is 13.0. The van der Waals surface area contributed by atoms with Gasteiger partial charge in [0.25, 0.3) is 0 Å². The van der Waals surface area contributed by atoms with Gasteiger partial charge >= 0.3 is 6.03 Å². The first-order chi connectivity index (χ1) is 7.40. The molecular formula is C9H11BrClFN4O.